The van der Waals surface area contributed by atoms with E-state index in [0.717, 1.165) is 24.6 Å². The maximum atomic E-state index is 11.4. The van der Waals surface area contributed by atoms with Gasteiger partial charge in [0.1, 0.15) is 12.1 Å². The number of rotatable bonds is 1. The van der Waals surface area contributed by atoms with Crippen molar-refractivity contribution in [2.75, 3.05) is 10.6 Å². The van der Waals surface area contributed by atoms with Gasteiger partial charge >= 0.3 is 5.69 Å². The highest BCUT2D eigenvalue weighted by Gasteiger charge is 2.20. The van der Waals surface area contributed by atoms with Crippen LogP contribution in [0, 0.1) is 0 Å². The number of anilines is 2. The van der Waals surface area contributed by atoms with E-state index >= 15 is 0 Å². The number of aromatic nitrogens is 4. The summed E-state index contributed by atoms with van der Waals surface area (Å²) in [7, 11) is 0. The predicted molar refractivity (Wildman–Crippen MR) is 74.3 cm³/mol. The summed E-state index contributed by atoms with van der Waals surface area (Å²) in [6, 6.07) is 7.74. The number of nitrogens with one attached hydrogen (secondary N) is 1. The number of nitrogens with two attached hydrogens (primary N) is 1. The van der Waals surface area contributed by atoms with Crippen LogP contribution >= 0.6 is 0 Å². The van der Waals surface area contributed by atoms with E-state index in [9.17, 15) is 4.79 Å². The minimum absolute atomic E-state index is 0.281. The smallest absolute Gasteiger partial charge is 0.348 e. The second kappa shape index (κ2) is 3.83. The van der Waals surface area contributed by atoms with Gasteiger partial charge in [-0.25, -0.2) is 19.3 Å². The first kappa shape index (κ1) is 11.0. The minimum Gasteiger partial charge on any atom is -0.399 e. The molecule has 0 amide bonds. The molecule has 0 aliphatic carbocycles. The Morgan fingerprint density at radius 1 is 1.20 bits per heavy atom. The molecule has 3 N–H and O–H groups in total. The molecule has 3 heterocycles. The number of hydrogen-bond acceptors (Lipinski definition) is 5. The average Bonchev–Trinajstić information content (AvgIpc) is 3.02. The van der Waals surface area contributed by atoms with Gasteiger partial charge in [0.15, 0.2) is 5.65 Å². The quantitative estimate of drug-likeness (QED) is 0.628. The molecule has 0 spiro atoms. The first-order valence-corrected chi connectivity index (χ1v) is 6.26. The Morgan fingerprint density at radius 3 is 2.95 bits per heavy atom. The van der Waals surface area contributed by atoms with Crippen molar-refractivity contribution < 1.29 is 0 Å². The van der Waals surface area contributed by atoms with Crippen molar-refractivity contribution in [1.29, 1.82) is 0 Å². The molecule has 0 radical (unpaired) electrons. The molecule has 20 heavy (non-hydrogen) atoms. The molecule has 1 aromatic carbocycles. The SMILES string of the molecule is Nc1ccc2c(c1)CN(c1cc3n[nH]c(=O)n3cn1)C2. The summed E-state index contributed by atoms with van der Waals surface area (Å²) in [6.45, 7) is 1.55. The third kappa shape index (κ3) is 1.56. The van der Waals surface area contributed by atoms with Gasteiger partial charge in [-0.1, -0.05) is 6.07 Å². The van der Waals surface area contributed by atoms with Gasteiger partial charge < -0.3 is 10.6 Å². The summed E-state index contributed by atoms with van der Waals surface area (Å²) in [6.07, 6.45) is 1.49. The van der Waals surface area contributed by atoms with Crippen molar-refractivity contribution in [2.24, 2.45) is 0 Å². The molecule has 3 aromatic rings. The van der Waals surface area contributed by atoms with Crippen molar-refractivity contribution in [3.63, 3.8) is 0 Å². The Balaban J connectivity index is 1.73. The van der Waals surface area contributed by atoms with Crippen LogP contribution in [0.5, 0.6) is 0 Å². The number of benzene rings is 1. The van der Waals surface area contributed by atoms with Crippen LogP contribution < -0.4 is 16.3 Å². The predicted octanol–water partition coefficient (Wildman–Crippen LogP) is 0.520. The van der Waals surface area contributed by atoms with Crippen LogP contribution in [0.1, 0.15) is 11.1 Å². The second-order valence-corrected chi connectivity index (χ2v) is 4.89. The number of nitrogen functional groups attached to an aromatic ring is 1. The lowest BCUT2D eigenvalue weighted by atomic mass is 10.1. The van der Waals surface area contributed by atoms with E-state index in [1.807, 2.05) is 18.2 Å². The third-order valence-corrected chi connectivity index (χ3v) is 3.57. The summed E-state index contributed by atoms with van der Waals surface area (Å²) < 4.78 is 1.38. The van der Waals surface area contributed by atoms with Gasteiger partial charge in [-0.3, -0.25) is 0 Å². The lowest BCUT2D eigenvalue weighted by Crippen LogP contribution is -2.17. The van der Waals surface area contributed by atoms with Gasteiger partial charge in [0.2, 0.25) is 0 Å². The molecule has 0 bridgehead atoms. The van der Waals surface area contributed by atoms with Gasteiger partial charge in [-0.2, -0.15) is 5.10 Å². The third-order valence-electron chi connectivity index (χ3n) is 3.57. The van der Waals surface area contributed by atoms with E-state index in [0.29, 0.717) is 5.65 Å². The molecular weight excluding hydrogens is 256 g/mol. The first-order chi connectivity index (χ1) is 9.70. The molecule has 0 saturated carbocycles. The Kier molecular flexibility index (Phi) is 2.11. The molecule has 2 aromatic heterocycles. The lowest BCUT2D eigenvalue weighted by Gasteiger charge is -2.15. The normalized spacial score (nSPS) is 13.9. The van der Waals surface area contributed by atoms with E-state index in [4.69, 9.17) is 5.73 Å². The zero-order valence-electron chi connectivity index (χ0n) is 10.6. The molecule has 0 saturated heterocycles. The van der Waals surface area contributed by atoms with Crippen molar-refractivity contribution in [3.8, 4) is 0 Å². The summed E-state index contributed by atoms with van der Waals surface area (Å²) in [5.41, 5.74) is 9.33. The summed E-state index contributed by atoms with van der Waals surface area (Å²) in [5.74, 6) is 0.797. The van der Waals surface area contributed by atoms with Crippen molar-refractivity contribution in [1.82, 2.24) is 19.6 Å². The van der Waals surface area contributed by atoms with Gasteiger partial charge in [0.05, 0.1) is 0 Å². The monoisotopic (exact) mass is 268 g/mol. The van der Waals surface area contributed by atoms with E-state index in [1.165, 1.54) is 21.9 Å². The molecule has 7 heteroatoms. The van der Waals surface area contributed by atoms with Crippen LogP contribution in [0.25, 0.3) is 5.65 Å². The summed E-state index contributed by atoms with van der Waals surface area (Å²) >= 11 is 0. The van der Waals surface area contributed by atoms with Crippen LogP contribution in [0.15, 0.2) is 35.4 Å². The number of hydrogen-bond donors (Lipinski definition) is 2. The minimum atomic E-state index is -0.281. The van der Waals surface area contributed by atoms with E-state index in [2.05, 4.69) is 20.1 Å². The molecule has 4 rings (SSSR count). The summed E-state index contributed by atoms with van der Waals surface area (Å²) in [5, 5.41) is 6.35. The molecular formula is C13H12N6O. The highest BCUT2D eigenvalue weighted by Crippen LogP contribution is 2.28. The van der Waals surface area contributed by atoms with Gasteiger partial charge in [-0.05, 0) is 23.3 Å². The number of H-pyrrole nitrogens is 1. The van der Waals surface area contributed by atoms with Crippen LogP contribution in [0.4, 0.5) is 11.5 Å². The van der Waals surface area contributed by atoms with Crippen LogP contribution in [0.2, 0.25) is 0 Å². The second-order valence-electron chi connectivity index (χ2n) is 4.89. The Labute approximate surface area is 113 Å². The van der Waals surface area contributed by atoms with Crippen molar-refractivity contribution in [3.05, 3.63) is 52.2 Å². The summed E-state index contributed by atoms with van der Waals surface area (Å²) in [4.78, 5) is 17.9. The van der Waals surface area contributed by atoms with Crippen LogP contribution in [0.3, 0.4) is 0 Å². The number of nitrogens with zero attached hydrogens (tertiary/aromatic N) is 4. The highest BCUT2D eigenvalue weighted by molar-refractivity contribution is 5.55. The topological polar surface area (TPSA) is 92.3 Å². The average molecular weight is 268 g/mol. The Hall–Kier alpha value is -2.83. The standard InChI is InChI=1S/C13H12N6O/c14-10-2-1-8-5-18(6-9(8)3-10)11-4-12-16-17-13(20)19(12)7-15-11/h1-4,7H,5-6,14H2,(H,17,20). The zero-order chi connectivity index (χ0) is 13.7. The largest absolute Gasteiger partial charge is 0.399 e. The molecule has 100 valence electrons. The van der Waals surface area contributed by atoms with Gasteiger partial charge in [-0.15, -0.1) is 0 Å². The van der Waals surface area contributed by atoms with Crippen molar-refractivity contribution in [2.45, 2.75) is 13.1 Å². The van der Waals surface area contributed by atoms with E-state index in [1.54, 1.807) is 6.07 Å². The number of aromatic amines is 1. The molecule has 1 aliphatic rings. The maximum Gasteiger partial charge on any atom is 0.348 e. The van der Waals surface area contributed by atoms with E-state index < -0.39 is 0 Å². The fraction of sp³-hybridized carbons (Fsp3) is 0.154. The lowest BCUT2D eigenvalue weighted by molar-refractivity contribution is 0.847. The molecule has 0 unspecified atom stereocenters. The highest BCUT2D eigenvalue weighted by atomic mass is 16.1. The fourth-order valence-corrected chi connectivity index (χ4v) is 2.55. The number of fused-ring (bicyclic) bond motifs is 2. The van der Waals surface area contributed by atoms with Gasteiger partial charge in [0.25, 0.3) is 0 Å². The van der Waals surface area contributed by atoms with Crippen molar-refractivity contribution >= 4 is 17.2 Å². The molecule has 0 fully saturated rings. The van der Waals surface area contributed by atoms with E-state index in [-0.39, 0.29) is 5.69 Å². The Bertz CT molecular complexity index is 865. The van der Waals surface area contributed by atoms with Crippen LogP contribution in [-0.2, 0) is 13.1 Å². The molecule has 0 atom stereocenters. The fourth-order valence-electron chi connectivity index (χ4n) is 2.55. The molecule has 7 nitrogen and oxygen atoms in total. The maximum absolute atomic E-state index is 11.4. The Morgan fingerprint density at radius 2 is 2.05 bits per heavy atom. The first-order valence-electron chi connectivity index (χ1n) is 6.26. The zero-order valence-corrected chi connectivity index (χ0v) is 10.6. The molecule has 1 aliphatic heterocycles. The van der Waals surface area contributed by atoms with Gasteiger partial charge in [0, 0.05) is 24.8 Å². The van der Waals surface area contributed by atoms with Crippen LogP contribution in [-0.4, -0.2) is 19.6 Å².